The molecule has 3 amide bonds. The van der Waals surface area contributed by atoms with Crippen molar-refractivity contribution in [2.24, 2.45) is 5.92 Å². The van der Waals surface area contributed by atoms with Crippen LogP contribution in [0.25, 0.3) is 0 Å². The van der Waals surface area contributed by atoms with E-state index in [1.54, 1.807) is 11.0 Å². The van der Waals surface area contributed by atoms with E-state index in [1.165, 1.54) is 0 Å². The van der Waals surface area contributed by atoms with E-state index in [9.17, 15) is 9.59 Å². The van der Waals surface area contributed by atoms with Gasteiger partial charge in [-0.25, -0.2) is 4.79 Å². The molecule has 0 saturated carbocycles. The Balaban J connectivity index is 2.02. The van der Waals surface area contributed by atoms with Gasteiger partial charge in [0.1, 0.15) is 0 Å². The lowest BCUT2D eigenvalue weighted by atomic mass is 9.95. The van der Waals surface area contributed by atoms with Crippen molar-refractivity contribution in [1.82, 2.24) is 15.1 Å². The lowest BCUT2D eigenvalue weighted by molar-refractivity contribution is -0.126. The lowest BCUT2D eigenvalue weighted by Crippen LogP contribution is -2.47. The minimum Gasteiger partial charge on any atom is -0.333 e. The fourth-order valence-corrected chi connectivity index (χ4v) is 3.35. The van der Waals surface area contributed by atoms with E-state index < -0.39 is 0 Å². The summed E-state index contributed by atoms with van der Waals surface area (Å²) in [4.78, 5) is 29.0. The predicted octanol–water partition coefficient (Wildman–Crippen LogP) is 2.69. The van der Waals surface area contributed by atoms with Gasteiger partial charge in [-0.3, -0.25) is 9.69 Å². The van der Waals surface area contributed by atoms with E-state index in [0.717, 1.165) is 11.3 Å². The summed E-state index contributed by atoms with van der Waals surface area (Å²) in [5.41, 5.74) is 2.41. The van der Waals surface area contributed by atoms with Crippen LogP contribution in [0.15, 0.2) is 54.3 Å². The topological polar surface area (TPSA) is 52.7 Å². The van der Waals surface area contributed by atoms with Crippen LogP contribution in [0, 0.1) is 5.92 Å². The molecular formula is C19H23N3O2. The molecule has 1 aromatic rings. The summed E-state index contributed by atoms with van der Waals surface area (Å²) in [6.07, 6.45) is 1.68. The fourth-order valence-electron chi connectivity index (χ4n) is 3.35. The van der Waals surface area contributed by atoms with Crippen molar-refractivity contribution in [3.8, 4) is 0 Å². The number of amides is 3. The number of rotatable bonds is 5. The average Bonchev–Trinajstić information content (AvgIpc) is 2.87. The van der Waals surface area contributed by atoms with Crippen LogP contribution in [0.1, 0.15) is 25.5 Å². The molecule has 0 aliphatic carbocycles. The first-order valence-electron chi connectivity index (χ1n) is 8.29. The Morgan fingerprint density at radius 3 is 2.62 bits per heavy atom. The van der Waals surface area contributed by atoms with Gasteiger partial charge in [0.2, 0.25) is 0 Å². The zero-order chi connectivity index (χ0) is 17.3. The monoisotopic (exact) mass is 325 g/mol. The third kappa shape index (κ3) is 2.82. The van der Waals surface area contributed by atoms with E-state index in [0.29, 0.717) is 31.1 Å². The van der Waals surface area contributed by atoms with Crippen LogP contribution in [-0.4, -0.2) is 41.4 Å². The van der Waals surface area contributed by atoms with Gasteiger partial charge in [0.15, 0.2) is 0 Å². The number of carbonyl (C=O) groups is 2. The normalized spacial score (nSPS) is 20.5. The Labute approximate surface area is 142 Å². The number of carbonyl (C=O) groups excluding carboxylic acids is 2. The number of hydrogen-bond acceptors (Lipinski definition) is 2. The lowest BCUT2D eigenvalue weighted by Gasteiger charge is -2.33. The summed E-state index contributed by atoms with van der Waals surface area (Å²) in [5, 5.41) is 2.98. The predicted molar refractivity (Wildman–Crippen MR) is 93.1 cm³/mol. The summed E-state index contributed by atoms with van der Waals surface area (Å²) in [6.45, 7) is 9.46. The van der Waals surface area contributed by atoms with Gasteiger partial charge in [-0.05, 0) is 11.5 Å². The van der Waals surface area contributed by atoms with Crippen molar-refractivity contribution < 1.29 is 9.59 Å². The quantitative estimate of drug-likeness (QED) is 0.846. The maximum atomic E-state index is 13.0. The maximum Gasteiger partial charge on any atom is 0.322 e. The molecule has 3 rings (SSSR count). The van der Waals surface area contributed by atoms with Gasteiger partial charge in [0.25, 0.3) is 5.91 Å². The molecule has 2 aliphatic rings. The average molecular weight is 325 g/mol. The van der Waals surface area contributed by atoms with Crippen LogP contribution < -0.4 is 5.32 Å². The van der Waals surface area contributed by atoms with Gasteiger partial charge in [-0.2, -0.15) is 0 Å². The highest BCUT2D eigenvalue weighted by Crippen LogP contribution is 2.36. The zero-order valence-corrected chi connectivity index (χ0v) is 14.2. The number of urea groups is 1. The zero-order valence-electron chi connectivity index (χ0n) is 14.2. The van der Waals surface area contributed by atoms with Gasteiger partial charge in [-0.1, -0.05) is 50.3 Å². The Kier molecular flexibility index (Phi) is 4.42. The molecule has 0 saturated heterocycles. The standard InChI is InChI=1S/C19H23N3O2/c1-4-10-22-15-12-21(11-13(2)3)18(23)16(15)17(20-19(22)24)14-8-6-5-7-9-14/h4-9,13,17H,1,10-12H2,2-3H3,(H,20,24). The van der Waals surface area contributed by atoms with Crippen LogP contribution >= 0.6 is 0 Å². The molecule has 0 fully saturated rings. The van der Waals surface area contributed by atoms with Gasteiger partial charge in [0, 0.05) is 13.1 Å². The number of hydrogen-bond donors (Lipinski definition) is 1. The Bertz CT molecular complexity index is 694. The molecule has 1 aromatic carbocycles. The molecule has 24 heavy (non-hydrogen) atoms. The minimum atomic E-state index is -0.389. The van der Waals surface area contributed by atoms with Crippen LogP contribution in [0.5, 0.6) is 0 Å². The molecule has 1 N–H and O–H groups in total. The van der Waals surface area contributed by atoms with Crippen LogP contribution in [0.4, 0.5) is 4.79 Å². The smallest absolute Gasteiger partial charge is 0.322 e. The Morgan fingerprint density at radius 1 is 1.29 bits per heavy atom. The van der Waals surface area contributed by atoms with Gasteiger partial charge < -0.3 is 10.2 Å². The second kappa shape index (κ2) is 6.51. The molecule has 0 bridgehead atoms. The maximum absolute atomic E-state index is 13.0. The van der Waals surface area contributed by atoms with E-state index in [-0.39, 0.29) is 18.0 Å². The molecule has 1 unspecified atom stereocenters. The highest BCUT2D eigenvalue weighted by atomic mass is 16.2. The third-order valence-electron chi connectivity index (χ3n) is 4.33. The van der Waals surface area contributed by atoms with Gasteiger partial charge >= 0.3 is 6.03 Å². The van der Waals surface area contributed by atoms with Crippen molar-refractivity contribution in [2.45, 2.75) is 19.9 Å². The molecule has 0 radical (unpaired) electrons. The highest BCUT2D eigenvalue weighted by Gasteiger charge is 2.43. The summed E-state index contributed by atoms with van der Waals surface area (Å²) in [7, 11) is 0. The third-order valence-corrected chi connectivity index (χ3v) is 4.33. The van der Waals surface area contributed by atoms with Crippen molar-refractivity contribution in [3.05, 3.63) is 59.8 Å². The van der Waals surface area contributed by atoms with E-state index in [2.05, 4.69) is 25.7 Å². The Hall–Kier alpha value is -2.56. The fraction of sp³-hybridized carbons (Fsp3) is 0.368. The van der Waals surface area contributed by atoms with Crippen LogP contribution in [0.2, 0.25) is 0 Å². The summed E-state index contributed by atoms with van der Waals surface area (Å²) in [5.74, 6) is 0.392. The molecule has 0 spiro atoms. The summed E-state index contributed by atoms with van der Waals surface area (Å²) in [6, 6.07) is 9.08. The van der Waals surface area contributed by atoms with Crippen molar-refractivity contribution in [1.29, 1.82) is 0 Å². The van der Waals surface area contributed by atoms with Crippen LogP contribution in [0.3, 0.4) is 0 Å². The molecule has 5 heteroatoms. The first kappa shape index (κ1) is 16.3. The Morgan fingerprint density at radius 2 is 2.00 bits per heavy atom. The van der Waals surface area contributed by atoms with Crippen molar-refractivity contribution in [3.63, 3.8) is 0 Å². The molecule has 5 nitrogen and oxygen atoms in total. The highest BCUT2D eigenvalue weighted by molar-refractivity contribution is 6.01. The van der Waals surface area contributed by atoms with E-state index >= 15 is 0 Å². The van der Waals surface area contributed by atoms with Crippen LogP contribution in [-0.2, 0) is 4.79 Å². The molecule has 126 valence electrons. The van der Waals surface area contributed by atoms with Gasteiger partial charge in [-0.15, -0.1) is 6.58 Å². The van der Waals surface area contributed by atoms with E-state index in [1.807, 2.05) is 35.2 Å². The second-order valence-corrected chi connectivity index (χ2v) is 6.63. The number of nitrogens with zero attached hydrogens (tertiary/aromatic N) is 2. The van der Waals surface area contributed by atoms with Crippen molar-refractivity contribution in [2.75, 3.05) is 19.6 Å². The summed E-state index contributed by atoms with van der Waals surface area (Å²) >= 11 is 0. The van der Waals surface area contributed by atoms with Gasteiger partial charge in [0.05, 0.1) is 23.9 Å². The summed E-state index contributed by atoms with van der Waals surface area (Å²) < 4.78 is 0. The minimum absolute atomic E-state index is 0.0154. The second-order valence-electron chi connectivity index (χ2n) is 6.63. The molecule has 0 aromatic heterocycles. The van der Waals surface area contributed by atoms with Crippen molar-refractivity contribution >= 4 is 11.9 Å². The molecule has 1 atom stereocenters. The molecular weight excluding hydrogens is 302 g/mol. The number of benzene rings is 1. The molecule has 2 heterocycles. The first-order valence-corrected chi connectivity index (χ1v) is 8.29. The largest absolute Gasteiger partial charge is 0.333 e. The number of nitrogens with one attached hydrogen (secondary N) is 1. The molecule has 2 aliphatic heterocycles. The SMILES string of the molecule is C=CCN1C(=O)NC(c2ccccc2)C2=C1CN(CC(C)C)C2=O. The van der Waals surface area contributed by atoms with E-state index in [4.69, 9.17) is 0 Å². The first-order chi connectivity index (χ1) is 11.5.